The molecule has 2 heterocycles. The highest BCUT2D eigenvalue weighted by Gasteiger charge is 2.20. The normalized spacial score (nSPS) is 12.0. The van der Waals surface area contributed by atoms with Crippen LogP contribution in [0, 0.1) is 12.8 Å². The third-order valence-corrected chi connectivity index (χ3v) is 5.09. The molecule has 0 spiro atoms. The van der Waals surface area contributed by atoms with E-state index in [0.717, 1.165) is 16.5 Å². The zero-order chi connectivity index (χ0) is 18.2. The van der Waals surface area contributed by atoms with Crippen LogP contribution in [0.2, 0.25) is 0 Å². The van der Waals surface area contributed by atoms with Crippen LogP contribution in [-0.4, -0.2) is 28.0 Å². The van der Waals surface area contributed by atoms with Crippen molar-refractivity contribution in [1.29, 1.82) is 0 Å². The Morgan fingerprint density at radius 2 is 1.92 bits per heavy atom. The zero-order valence-corrected chi connectivity index (χ0v) is 15.0. The highest BCUT2D eigenvalue weighted by atomic mass is 32.2. The van der Waals surface area contributed by atoms with E-state index >= 15 is 0 Å². The number of sulfonamides is 1. The molecule has 3 aromatic rings. The summed E-state index contributed by atoms with van der Waals surface area (Å²) in [5, 5.41) is 2.60. The number of H-pyrrole nitrogens is 1. The summed E-state index contributed by atoms with van der Waals surface area (Å²) in [6.07, 6.45) is 2.18. The summed E-state index contributed by atoms with van der Waals surface area (Å²) in [6, 6.07) is 6.64. The van der Waals surface area contributed by atoms with Crippen LogP contribution >= 0.6 is 0 Å². The second-order valence-electron chi connectivity index (χ2n) is 6.25. The molecule has 0 bridgehead atoms. The molecule has 9 heteroatoms. The molecule has 0 saturated heterocycles. The van der Waals surface area contributed by atoms with E-state index in [1.165, 1.54) is 18.5 Å². The van der Waals surface area contributed by atoms with Gasteiger partial charge in [0.05, 0.1) is 10.6 Å². The van der Waals surface area contributed by atoms with Crippen LogP contribution in [0.15, 0.2) is 40.3 Å². The van der Waals surface area contributed by atoms with Crippen LogP contribution in [0.5, 0.6) is 0 Å². The summed E-state index contributed by atoms with van der Waals surface area (Å²) in [4.78, 5) is 20.5. The smallest absolute Gasteiger partial charge is 0.278 e. The molecule has 0 radical (unpaired) electrons. The van der Waals surface area contributed by atoms with Crippen LogP contribution in [-0.2, 0) is 16.4 Å². The lowest BCUT2D eigenvalue weighted by Crippen LogP contribution is -2.25. The van der Waals surface area contributed by atoms with E-state index in [9.17, 15) is 13.2 Å². The Bertz CT molecular complexity index is 1070. The molecular weight excluding hydrogens is 342 g/mol. The minimum Gasteiger partial charge on any atom is -0.278 e. The molecular formula is C16H19N5O3S. The van der Waals surface area contributed by atoms with Gasteiger partial charge in [0.15, 0.2) is 0 Å². The first-order valence-corrected chi connectivity index (χ1v) is 9.31. The minimum atomic E-state index is -3.89. The highest BCUT2D eigenvalue weighted by molar-refractivity contribution is 7.92. The predicted molar refractivity (Wildman–Crippen MR) is 94.1 cm³/mol. The molecule has 1 aromatic carbocycles. The number of hydrogen-bond acceptors (Lipinski definition) is 5. The van der Waals surface area contributed by atoms with E-state index in [1.807, 2.05) is 0 Å². The number of anilines is 1. The third kappa shape index (κ3) is 3.41. The third-order valence-electron chi connectivity index (χ3n) is 3.73. The van der Waals surface area contributed by atoms with Gasteiger partial charge in [0.1, 0.15) is 12.0 Å². The maximum Gasteiger partial charge on any atom is 0.298 e. The maximum atomic E-state index is 12.6. The molecule has 25 heavy (non-hydrogen) atoms. The van der Waals surface area contributed by atoms with Crippen molar-refractivity contribution in [2.24, 2.45) is 5.92 Å². The van der Waals surface area contributed by atoms with E-state index < -0.39 is 15.6 Å². The van der Waals surface area contributed by atoms with Crippen LogP contribution in [0.25, 0.3) is 5.78 Å². The van der Waals surface area contributed by atoms with Crippen molar-refractivity contribution in [3.63, 3.8) is 0 Å². The number of hydrogen-bond donors (Lipinski definition) is 2. The van der Waals surface area contributed by atoms with Crippen molar-refractivity contribution in [2.45, 2.75) is 32.1 Å². The first-order chi connectivity index (χ1) is 11.8. The predicted octanol–water partition coefficient (Wildman–Crippen LogP) is 1.73. The lowest BCUT2D eigenvalue weighted by Gasteiger charge is -2.10. The van der Waals surface area contributed by atoms with Crippen molar-refractivity contribution in [3.8, 4) is 0 Å². The Balaban J connectivity index is 1.95. The molecule has 2 aromatic heterocycles. The number of nitrogens with one attached hydrogen (secondary N) is 2. The van der Waals surface area contributed by atoms with Crippen LogP contribution in [0.1, 0.15) is 25.1 Å². The summed E-state index contributed by atoms with van der Waals surface area (Å²) >= 11 is 0. The van der Waals surface area contributed by atoms with E-state index in [4.69, 9.17) is 0 Å². The van der Waals surface area contributed by atoms with Gasteiger partial charge in [0, 0.05) is 0 Å². The molecule has 3 rings (SSSR count). The van der Waals surface area contributed by atoms with Gasteiger partial charge in [-0.25, -0.2) is 18.4 Å². The fraction of sp³-hybridized carbons (Fsp3) is 0.312. The number of aromatic amines is 1. The van der Waals surface area contributed by atoms with E-state index in [-0.39, 0.29) is 22.1 Å². The summed E-state index contributed by atoms with van der Waals surface area (Å²) < 4.78 is 28.6. The van der Waals surface area contributed by atoms with E-state index in [2.05, 4.69) is 33.6 Å². The van der Waals surface area contributed by atoms with Gasteiger partial charge in [-0.1, -0.05) is 26.0 Å². The van der Waals surface area contributed by atoms with Gasteiger partial charge in [-0.3, -0.25) is 14.6 Å². The first-order valence-electron chi connectivity index (χ1n) is 7.82. The SMILES string of the molecule is Cc1nc2nc[nH]n2c(=O)c1NS(=O)(=O)c1ccc(CC(C)C)cc1. The number of fused-ring (bicyclic) bond motifs is 1. The topological polar surface area (TPSA) is 109 Å². The lowest BCUT2D eigenvalue weighted by molar-refractivity contribution is 0.600. The van der Waals surface area contributed by atoms with E-state index in [1.54, 1.807) is 19.1 Å². The lowest BCUT2D eigenvalue weighted by atomic mass is 10.0. The van der Waals surface area contributed by atoms with Crippen molar-refractivity contribution < 1.29 is 8.42 Å². The summed E-state index contributed by atoms with van der Waals surface area (Å²) in [5.41, 5.74) is 0.663. The second-order valence-corrected chi connectivity index (χ2v) is 7.93. The largest absolute Gasteiger partial charge is 0.298 e. The minimum absolute atomic E-state index is 0.0912. The number of rotatable bonds is 5. The molecule has 0 aliphatic heterocycles. The summed E-state index contributed by atoms with van der Waals surface area (Å²) in [6.45, 7) is 5.75. The molecule has 0 unspecified atom stereocenters. The summed E-state index contributed by atoms with van der Waals surface area (Å²) in [5.74, 6) is 0.666. The molecule has 0 atom stereocenters. The average molecular weight is 361 g/mol. The molecule has 0 saturated carbocycles. The van der Waals surface area contributed by atoms with Crippen molar-refractivity contribution in [1.82, 2.24) is 19.6 Å². The Labute approximate surface area is 145 Å². The van der Waals surface area contributed by atoms with Crippen molar-refractivity contribution in [2.75, 3.05) is 4.72 Å². The Kier molecular flexibility index (Phi) is 4.34. The van der Waals surface area contributed by atoms with Crippen molar-refractivity contribution in [3.05, 3.63) is 52.2 Å². The fourth-order valence-corrected chi connectivity index (χ4v) is 3.66. The van der Waals surface area contributed by atoms with Crippen molar-refractivity contribution >= 4 is 21.5 Å². The monoisotopic (exact) mass is 361 g/mol. The van der Waals surface area contributed by atoms with Gasteiger partial charge >= 0.3 is 0 Å². The van der Waals surface area contributed by atoms with Gasteiger partial charge in [0.25, 0.3) is 21.4 Å². The molecule has 0 aliphatic carbocycles. The van der Waals surface area contributed by atoms with Gasteiger partial charge in [-0.2, -0.15) is 4.52 Å². The molecule has 2 N–H and O–H groups in total. The van der Waals surface area contributed by atoms with Gasteiger partial charge in [-0.05, 0) is 37.0 Å². The average Bonchev–Trinajstić information content (AvgIpc) is 3.00. The zero-order valence-electron chi connectivity index (χ0n) is 14.1. The van der Waals surface area contributed by atoms with E-state index in [0.29, 0.717) is 5.92 Å². The Hall–Kier alpha value is -2.68. The van der Waals surface area contributed by atoms with Gasteiger partial charge in [0.2, 0.25) is 0 Å². The number of benzene rings is 1. The second kappa shape index (κ2) is 6.32. The number of nitrogens with zero attached hydrogens (tertiary/aromatic N) is 3. The van der Waals surface area contributed by atoms with Crippen LogP contribution in [0.3, 0.4) is 0 Å². The quantitative estimate of drug-likeness (QED) is 0.719. The van der Waals surface area contributed by atoms with Crippen LogP contribution < -0.4 is 10.3 Å². The maximum absolute atomic E-state index is 12.6. The highest BCUT2D eigenvalue weighted by Crippen LogP contribution is 2.17. The standard InChI is InChI=1S/C16H19N5O3S/c1-10(2)8-12-4-6-13(7-5-12)25(23,24)20-14-11(3)19-16-17-9-18-21(16)15(14)22/h4-7,9-10,20H,8H2,1-3H3,(H,17,18,19). The number of aromatic nitrogens is 4. The Morgan fingerprint density at radius 3 is 2.56 bits per heavy atom. The summed E-state index contributed by atoms with van der Waals surface area (Å²) in [7, 11) is -3.89. The fourth-order valence-electron chi connectivity index (χ4n) is 2.55. The number of aryl methyl sites for hydroxylation is 1. The first kappa shape index (κ1) is 17.2. The Morgan fingerprint density at radius 1 is 1.24 bits per heavy atom. The van der Waals surface area contributed by atoms with Crippen LogP contribution in [0.4, 0.5) is 5.69 Å². The molecule has 0 aliphatic rings. The molecule has 132 valence electrons. The van der Waals surface area contributed by atoms with Gasteiger partial charge < -0.3 is 0 Å². The molecule has 0 fully saturated rings. The van der Waals surface area contributed by atoms with Gasteiger partial charge in [-0.15, -0.1) is 0 Å². The molecule has 8 nitrogen and oxygen atoms in total. The molecule has 0 amide bonds.